The normalized spacial score (nSPS) is 34.9. The Balaban J connectivity index is 0.000000191. The standard InChI is InChI=1S/C15H23N2O4P.4C15H25N2O4P/c1-9-10(7-16-14(19)17-9)11-12-13(18)15(21-11,8-20-12)5-6-22(2,3)4;1-9-10(8-16-14(20)17-9)12-11(18)13(19)15(2,21-12)6-7-22(3,4)5;1-9-10(8-16-14(19)17-9)13-15(2,20)12(18)11(21-13)6-7-22(3,4)5;2*1-9-10(8-16-15(19)17-9)13-14(20-2)12(18)11(21-13)6-7-22(3,4)5/h7,11-13,18H,1-2,5-6,8H2,3-4H3,(H2,16,17,19);8,11-13,18-19H,1,3,6-7H2,2,4-5H3,(H2,16,17,20);8,11-13,18,20H,1,3,6-7H2,2,4-5H3,(H2,16,17,19);2*8,11-14,18H,1,3,6-7H2,2,4-5H3,(H2,16,17,19)/t11?,12-,13-,15-;11-,12?,13-,15+;11?,12-,13?,15-;2*11?,12-,13?,14-/m00111/s1. The number of aliphatic hydroxyl groups excluding tert-OH is 6. The number of carbonyl (C=O) groups is 5. The van der Waals surface area contributed by atoms with E-state index in [1.165, 1.54) is 19.3 Å². The van der Waals surface area contributed by atoms with Crippen molar-refractivity contribution in [2.75, 3.05) is 118 Å². The molecule has 6 fully saturated rings. The van der Waals surface area contributed by atoms with E-state index in [1.807, 2.05) is 0 Å². The fraction of sp³-hybridized carbons (Fsp3) is 0.600. The van der Waals surface area contributed by atoms with Crippen molar-refractivity contribution in [3.63, 3.8) is 0 Å². The lowest BCUT2D eigenvalue weighted by Gasteiger charge is -2.34. The van der Waals surface area contributed by atoms with Gasteiger partial charge in [-0.3, -0.25) is 0 Å². The third-order valence-electron chi connectivity index (χ3n) is 20.5. The molecule has 618 valence electrons. The lowest BCUT2D eigenvalue weighted by Crippen LogP contribution is -2.49. The molecule has 0 saturated carbocycles. The van der Waals surface area contributed by atoms with Gasteiger partial charge in [0.25, 0.3) is 0 Å². The summed E-state index contributed by atoms with van der Waals surface area (Å²) in [6.07, 6.45) is 26.0. The van der Waals surface area contributed by atoms with Crippen LogP contribution in [0.15, 0.2) is 120 Å². The van der Waals surface area contributed by atoms with Crippen LogP contribution in [0, 0.1) is 0 Å². The predicted octanol–water partition coefficient (Wildman–Crippen LogP) is 3.92. The molecule has 35 heteroatoms. The van der Waals surface area contributed by atoms with E-state index in [1.54, 1.807) is 39.7 Å². The van der Waals surface area contributed by atoms with Crippen molar-refractivity contribution in [2.24, 2.45) is 0 Å². The van der Waals surface area contributed by atoms with Crippen molar-refractivity contribution in [3.05, 3.63) is 120 Å². The first-order valence-corrected chi connectivity index (χ1v) is 51.5. The molecule has 11 heterocycles. The second kappa shape index (κ2) is 36.6. The number of rotatable bonds is 22. The highest BCUT2D eigenvalue weighted by Crippen LogP contribution is 2.50. The number of methoxy groups -OCH3 is 2. The molecule has 17 N–H and O–H groups in total. The van der Waals surface area contributed by atoms with Gasteiger partial charge in [0, 0.05) is 102 Å². The second-order valence-corrected chi connectivity index (χ2v) is 55.0. The largest absolute Gasteiger partial charge is 0.388 e. The van der Waals surface area contributed by atoms with Gasteiger partial charge in [0.15, 0.2) is 0 Å². The maximum absolute atomic E-state index is 11.3. The Kier molecular flexibility index (Phi) is 30.6. The third-order valence-corrected chi connectivity index (χ3v) is 27.8. The first-order valence-electron chi connectivity index (χ1n) is 36.2. The van der Waals surface area contributed by atoms with Crippen molar-refractivity contribution >= 4 is 96.1 Å². The van der Waals surface area contributed by atoms with Gasteiger partial charge in [-0.1, -0.05) is 32.9 Å². The van der Waals surface area contributed by atoms with Crippen LogP contribution in [0.5, 0.6) is 0 Å². The monoisotopic (exact) mass is 1640 g/mol. The number of hydrogen-bond donors (Lipinski definition) is 17. The van der Waals surface area contributed by atoms with Crippen LogP contribution in [0.25, 0.3) is 0 Å². The van der Waals surface area contributed by atoms with E-state index in [0.717, 1.165) is 50.1 Å². The molecule has 2 bridgehead atoms. The van der Waals surface area contributed by atoms with Crippen LogP contribution in [0.3, 0.4) is 0 Å². The van der Waals surface area contributed by atoms with Gasteiger partial charge in [-0.05, 0) is 143 Å². The summed E-state index contributed by atoms with van der Waals surface area (Å²) in [4.78, 5) is 56.3. The summed E-state index contributed by atoms with van der Waals surface area (Å²) < 4.78 is 46.7. The minimum Gasteiger partial charge on any atom is -0.388 e. The Morgan fingerprint density at radius 1 is 0.427 bits per heavy atom. The Hall–Kier alpha value is -5.35. The minimum atomic E-state index is -1.45. The van der Waals surface area contributed by atoms with Gasteiger partial charge in [-0.2, -0.15) is 0 Å². The number of aliphatic hydroxyl groups is 7. The molecule has 20 atom stereocenters. The van der Waals surface area contributed by atoms with Gasteiger partial charge in [0.2, 0.25) is 0 Å². The first kappa shape index (κ1) is 91.8. The second-order valence-electron chi connectivity index (χ2n) is 33.5. The van der Waals surface area contributed by atoms with Crippen molar-refractivity contribution in [3.8, 4) is 0 Å². The smallest absolute Gasteiger partial charge is 0.323 e. The highest BCUT2D eigenvalue weighted by atomic mass is 31.2. The highest BCUT2D eigenvalue weighted by Gasteiger charge is 2.62. The zero-order valence-electron chi connectivity index (χ0n) is 66.2. The number of ether oxygens (including phenoxy) is 8. The summed E-state index contributed by atoms with van der Waals surface area (Å²) in [5.74, 6) is 0. The summed E-state index contributed by atoms with van der Waals surface area (Å²) in [6, 6.07) is -1.75. The fourth-order valence-corrected chi connectivity index (χ4v) is 18.8. The Bertz CT molecular complexity index is 3730. The highest BCUT2D eigenvalue weighted by molar-refractivity contribution is 7.73. The van der Waals surface area contributed by atoms with E-state index in [-0.39, 0.29) is 42.4 Å². The van der Waals surface area contributed by atoms with E-state index in [9.17, 15) is 59.7 Å². The quantitative estimate of drug-likeness (QED) is 0.0683. The maximum Gasteiger partial charge on any atom is 0.323 e. The molecule has 11 aliphatic rings. The molecule has 11 rings (SSSR count). The lowest BCUT2D eigenvalue weighted by molar-refractivity contribution is -0.132. The molecule has 0 aromatic carbocycles. The molecule has 0 aromatic heterocycles. The van der Waals surface area contributed by atoms with E-state index >= 15 is 0 Å². The molecular weight excluding hydrogens is 1520 g/mol. The molecule has 0 spiro atoms. The minimum absolute atomic E-state index is 0.303. The number of hydrogen-bond acceptors (Lipinski definition) is 20. The Morgan fingerprint density at radius 2 is 0.755 bits per heavy atom. The van der Waals surface area contributed by atoms with E-state index < -0.39 is 143 Å². The summed E-state index contributed by atoms with van der Waals surface area (Å²) >= 11 is 0. The Labute approximate surface area is 648 Å². The van der Waals surface area contributed by atoms with Crippen LogP contribution in [0.1, 0.15) is 46.0 Å². The molecule has 0 radical (unpaired) electrons. The summed E-state index contributed by atoms with van der Waals surface area (Å²) in [6.45, 7) is 38.2. The van der Waals surface area contributed by atoms with Crippen molar-refractivity contribution in [2.45, 2.75) is 167 Å². The number of urea groups is 5. The van der Waals surface area contributed by atoms with Gasteiger partial charge in [0.05, 0.1) is 30.5 Å². The van der Waals surface area contributed by atoms with Crippen molar-refractivity contribution < 1.29 is 97.6 Å². The SMILES string of the molecule is C=C1NC(=O)NC=C1C1OC(CCP(=C)(C)C)[C@@H](O)[C@@]1(C)O.C=C1NC(=O)NC=C1C1OC(CCP(=C)(C)C)[C@@H](O)[C@H]1OC.C=C1NC(=O)NC=C1C1OC(CCP(=C)(C)C)[C@@H](O)[C@H]1OC.C=C1NC(=O)NC=C1C1O[C@@]2(CCP(=C)(C)C)CO[C@@H]1[C@@H]2O.C=C1NC(=O)NC=C1C1O[C@](C)(CCP(=C)(C)C)[C@@H](O)[C@H]1O. The summed E-state index contributed by atoms with van der Waals surface area (Å²) in [5.41, 5.74) is 2.36. The lowest BCUT2D eigenvalue weighted by atomic mass is 9.87. The molecule has 110 heavy (non-hydrogen) atoms. The summed E-state index contributed by atoms with van der Waals surface area (Å²) in [5, 5.41) is 99.0. The average Bonchev–Trinajstić information content (AvgIpc) is 1.57. The zero-order valence-corrected chi connectivity index (χ0v) is 70.7. The van der Waals surface area contributed by atoms with Gasteiger partial charge >= 0.3 is 30.2 Å². The van der Waals surface area contributed by atoms with E-state index in [0.29, 0.717) is 75.8 Å². The topological polar surface area (TPSA) is 421 Å². The fourth-order valence-electron chi connectivity index (χ4n) is 13.9. The van der Waals surface area contributed by atoms with Crippen LogP contribution in [-0.4, -0.2) is 336 Å². The first-order chi connectivity index (χ1) is 50.7. The summed E-state index contributed by atoms with van der Waals surface area (Å²) in [7, 11) is 3.09. The van der Waals surface area contributed by atoms with Crippen LogP contribution in [0.4, 0.5) is 24.0 Å². The zero-order chi connectivity index (χ0) is 82.5. The van der Waals surface area contributed by atoms with Crippen LogP contribution >= 0.6 is 34.4 Å². The molecule has 6 saturated heterocycles. The molecule has 11 aliphatic heterocycles. The van der Waals surface area contributed by atoms with Gasteiger partial charge in [0.1, 0.15) is 96.7 Å². The maximum atomic E-state index is 11.3. The average molecular weight is 1640 g/mol. The van der Waals surface area contributed by atoms with Gasteiger partial charge in [-0.25, -0.2) is 24.0 Å². The van der Waals surface area contributed by atoms with Crippen molar-refractivity contribution in [1.29, 1.82) is 0 Å². The number of nitrogens with one attached hydrogen (secondary N) is 10. The third kappa shape index (κ3) is 23.7. The number of carbonyl (C=O) groups excluding carboxylic acids is 5. The van der Waals surface area contributed by atoms with Crippen LogP contribution in [0.2, 0.25) is 0 Å². The predicted molar refractivity (Wildman–Crippen MR) is 446 cm³/mol. The molecule has 8 unspecified atom stereocenters. The molecular formula is C75H123N10O20P5. The molecule has 30 nitrogen and oxygen atoms in total. The van der Waals surface area contributed by atoms with Crippen molar-refractivity contribution in [1.82, 2.24) is 53.2 Å². The molecule has 0 aliphatic carbocycles. The Morgan fingerprint density at radius 3 is 1.10 bits per heavy atom. The van der Waals surface area contributed by atoms with E-state index in [2.05, 4.69) is 184 Å². The van der Waals surface area contributed by atoms with E-state index in [4.69, 9.17) is 37.9 Å². The number of fused-ring (bicyclic) bond motifs is 2. The van der Waals surface area contributed by atoms with Crippen LogP contribution in [-0.2, 0) is 37.9 Å². The molecule has 0 aromatic rings. The van der Waals surface area contributed by atoms with Gasteiger partial charge in [-0.15, -0.1) is 65.9 Å². The van der Waals surface area contributed by atoms with Crippen LogP contribution < -0.4 is 53.2 Å². The molecule has 10 amide bonds. The number of amides is 10. The van der Waals surface area contributed by atoms with Gasteiger partial charge < -0.3 is 127 Å².